The predicted octanol–water partition coefficient (Wildman–Crippen LogP) is 0.635. The average molecular weight is 359 g/mol. The highest BCUT2D eigenvalue weighted by atomic mass is 35.5. The van der Waals surface area contributed by atoms with E-state index in [-0.39, 0.29) is 42.1 Å². The van der Waals surface area contributed by atoms with Crippen LogP contribution in [0, 0.1) is 11.3 Å². The molecular weight excluding hydrogens is 332 g/mol. The Morgan fingerprint density at radius 3 is 2.46 bits per heavy atom. The summed E-state index contributed by atoms with van der Waals surface area (Å²) >= 11 is 0. The first kappa shape index (κ1) is 19.0. The van der Waals surface area contributed by atoms with E-state index in [0.29, 0.717) is 6.54 Å². The number of nitrogens with one attached hydrogen (secondary N) is 3. The fraction of sp³-hybridized carbons (Fsp3) is 0.812. The van der Waals surface area contributed by atoms with E-state index in [9.17, 15) is 14.4 Å². The molecule has 1 aliphatic carbocycles. The molecule has 0 spiro atoms. The van der Waals surface area contributed by atoms with Crippen LogP contribution in [-0.4, -0.2) is 54.5 Å². The third-order valence-corrected chi connectivity index (χ3v) is 5.52. The van der Waals surface area contributed by atoms with Gasteiger partial charge in [-0.15, -0.1) is 12.4 Å². The number of urea groups is 1. The summed E-state index contributed by atoms with van der Waals surface area (Å²) < 4.78 is 0. The van der Waals surface area contributed by atoms with E-state index in [1.165, 1.54) is 0 Å². The first-order valence-electron chi connectivity index (χ1n) is 8.46. The van der Waals surface area contributed by atoms with Crippen molar-refractivity contribution in [3.63, 3.8) is 0 Å². The second-order valence-corrected chi connectivity index (χ2v) is 7.64. The van der Waals surface area contributed by atoms with Gasteiger partial charge in [-0.1, -0.05) is 6.92 Å². The SMILES string of the molecule is CC1(CNC(=O)CN2C(=O)NC(C)(C3CC3)C2=O)CCNCC1.Cl. The zero-order valence-corrected chi connectivity index (χ0v) is 15.1. The lowest BCUT2D eigenvalue weighted by Gasteiger charge is -2.34. The van der Waals surface area contributed by atoms with E-state index >= 15 is 0 Å². The Hall–Kier alpha value is -1.34. The zero-order valence-electron chi connectivity index (χ0n) is 14.3. The third-order valence-electron chi connectivity index (χ3n) is 5.52. The largest absolute Gasteiger partial charge is 0.354 e. The highest BCUT2D eigenvalue weighted by Gasteiger charge is 2.56. The first-order chi connectivity index (χ1) is 10.8. The molecule has 0 aromatic rings. The molecular formula is C16H27ClN4O3. The van der Waals surface area contributed by atoms with Gasteiger partial charge in [-0.05, 0) is 57.0 Å². The lowest BCUT2D eigenvalue weighted by atomic mass is 9.81. The molecule has 1 saturated carbocycles. The highest BCUT2D eigenvalue weighted by Crippen LogP contribution is 2.42. The summed E-state index contributed by atoms with van der Waals surface area (Å²) in [4.78, 5) is 37.7. The van der Waals surface area contributed by atoms with Crippen LogP contribution in [0.4, 0.5) is 4.79 Å². The van der Waals surface area contributed by atoms with E-state index in [0.717, 1.165) is 43.7 Å². The van der Waals surface area contributed by atoms with E-state index in [1.807, 2.05) is 0 Å². The number of nitrogens with zero attached hydrogens (tertiary/aromatic N) is 1. The van der Waals surface area contributed by atoms with Gasteiger partial charge in [0.1, 0.15) is 12.1 Å². The fourth-order valence-corrected chi connectivity index (χ4v) is 3.52. The Kier molecular flexibility index (Phi) is 5.44. The quantitative estimate of drug-likeness (QED) is 0.629. The van der Waals surface area contributed by atoms with Gasteiger partial charge in [0, 0.05) is 6.54 Å². The van der Waals surface area contributed by atoms with Crippen LogP contribution in [0.3, 0.4) is 0 Å². The van der Waals surface area contributed by atoms with E-state index < -0.39 is 11.6 Å². The maximum atomic E-state index is 12.5. The van der Waals surface area contributed by atoms with Crippen LogP contribution in [-0.2, 0) is 9.59 Å². The molecule has 3 aliphatic rings. The number of halogens is 1. The molecule has 3 N–H and O–H groups in total. The Morgan fingerprint density at radius 2 is 1.88 bits per heavy atom. The van der Waals surface area contributed by atoms with Gasteiger partial charge in [0.2, 0.25) is 5.91 Å². The van der Waals surface area contributed by atoms with Gasteiger partial charge in [-0.25, -0.2) is 4.79 Å². The molecule has 1 atom stereocenters. The van der Waals surface area contributed by atoms with Crippen LogP contribution in [0.1, 0.15) is 39.5 Å². The average Bonchev–Trinajstić information content (AvgIpc) is 3.33. The second-order valence-electron chi connectivity index (χ2n) is 7.64. The van der Waals surface area contributed by atoms with E-state index in [4.69, 9.17) is 0 Å². The number of piperidine rings is 1. The molecule has 2 aliphatic heterocycles. The second kappa shape index (κ2) is 6.88. The van der Waals surface area contributed by atoms with Crippen LogP contribution in [0.5, 0.6) is 0 Å². The van der Waals surface area contributed by atoms with Crippen molar-refractivity contribution in [1.82, 2.24) is 20.9 Å². The van der Waals surface area contributed by atoms with Crippen LogP contribution >= 0.6 is 12.4 Å². The number of hydrogen-bond acceptors (Lipinski definition) is 4. The third kappa shape index (κ3) is 3.67. The summed E-state index contributed by atoms with van der Waals surface area (Å²) in [5.74, 6) is -0.331. The molecule has 0 aromatic heterocycles. The minimum Gasteiger partial charge on any atom is -0.354 e. The molecule has 136 valence electrons. The maximum Gasteiger partial charge on any atom is 0.325 e. The molecule has 24 heavy (non-hydrogen) atoms. The van der Waals surface area contributed by atoms with Crippen molar-refractivity contribution in [2.45, 2.75) is 45.1 Å². The Labute approximate surface area is 148 Å². The van der Waals surface area contributed by atoms with Crippen molar-refractivity contribution >= 4 is 30.3 Å². The Balaban J connectivity index is 0.00000208. The Bertz CT molecular complexity index is 531. The Morgan fingerprint density at radius 1 is 1.25 bits per heavy atom. The molecule has 3 fully saturated rings. The van der Waals surface area contributed by atoms with Gasteiger partial charge in [0.25, 0.3) is 5.91 Å². The van der Waals surface area contributed by atoms with Crippen LogP contribution < -0.4 is 16.0 Å². The predicted molar refractivity (Wildman–Crippen MR) is 91.8 cm³/mol. The summed E-state index contributed by atoms with van der Waals surface area (Å²) in [5, 5.41) is 8.96. The summed E-state index contributed by atoms with van der Waals surface area (Å²) in [6.07, 6.45) is 3.93. The van der Waals surface area contributed by atoms with E-state index in [1.54, 1.807) is 6.92 Å². The lowest BCUT2D eigenvalue weighted by Crippen LogP contribution is -2.48. The van der Waals surface area contributed by atoms with Crippen molar-refractivity contribution in [2.24, 2.45) is 11.3 Å². The normalized spacial score (nSPS) is 29.0. The summed E-state index contributed by atoms with van der Waals surface area (Å²) in [6.45, 7) is 6.22. The van der Waals surface area contributed by atoms with Crippen molar-refractivity contribution < 1.29 is 14.4 Å². The lowest BCUT2D eigenvalue weighted by molar-refractivity contribution is -0.135. The first-order valence-corrected chi connectivity index (χ1v) is 8.46. The zero-order chi connectivity index (χ0) is 16.7. The molecule has 0 bridgehead atoms. The minimum atomic E-state index is -0.821. The molecule has 0 radical (unpaired) electrons. The number of hydrogen-bond donors (Lipinski definition) is 3. The van der Waals surface area contributed by atoms with Crippen molar-refractivity contribution in [3.05, 3.63) is 0 Å². The summed E-state index contributed by atoms with van der Waals surface area (Å²) in [5.41, 5.74) is -0.737. The van der Waals surface area contributed by atoms with Gasteiger partial charge in [0.15, 0.2) is 0 Å². The van der Waals surface area contributed by atoms with Crippen molar-refractivity contribution in [1.29, 1.82) is 0 Å². The van der Waals surface area contributed by atoms with Crippen molar-refractivity contribution in [3.8, 4) is 0 Å². The van der Waals surface area contributed by atoms with Crippen LogP contribution in [0.15, 0.2) is 0 Å². The van der Waals surface area contributed by atoms with Gasteiger partial charge in [-0.3, -0.25) is 14.5 Å². The maximum absolute atomic E-state index is 12.5. The monoisotopic (exact) mass is 358 g/mol. The highest BCUT2D eigenvalue weighted by molar-refractivity contribution is 6.09. The van der Waals surface area contributed by atoms with Gasteiger partial charge >= 0.3 is 6.03 Å². The van der Waals surface area contributed by atoms with Gasteiger partial charge in [-0.2, -0.15) is 0 Å². The van der Waals surface area contributed by atoms with Crippen molar-refractivity contribution in [2.75, 3.05) is 26.2 Å². The molecule has 4 amide bonds. The standard InChI is InChI=1S/C16H26N4O3.ClH/c1-15(5-7-17-8-6-15)10-18-12(21)9-20-13(22)16(2,11-3-4-11)19-14(20)23;/h11,17H,3-10H2,1-2H3,(H,18,21)(H,19,23);1H. The molecule has 8 heteroatoms. The molecule has 7 nitrogen and oxygen atoms in total. The number of carbonyl (C=O) groups is 3. The minimum absolute atomic E-state index is 0. The molecule has 1 unspecified atom stereocenters. The number of carbonyl (C=O) groups excluding carboxylic acids is 3. The molecule has 2 heterocycles. The van der Waals surface area contributed by atoms with Gasteiger partial charge < -0.3 is 16.0 Å². The van der Waals surface area contributed by atoms with Gasteiger partial charge in [0.05, 0.1) is 0 Å². The van der Waals surface area contributed by atoms with E-state index in [2.05, 4.69) is 22.9 Å². The number of amides is 4. The number of rotatable bonds is 5. The van der Waals surface area contributed by atoms with Crippen LogP contribution in [0.25, 0.3) is 0 Å². The topological polar surface area (TPSA) is 90.5 Å². The molecule has 0 aromatic carbocycles. The van der Waals surface area contributed by atoms with Crippen LogP contribution in [0.2, 0.25) is 0 Å². The number of imide groups is 1. The molecule has 2 saturated heterocycles. The fourth-order valence-electron chi connectivity index (χ4n) is 3.52. The summed E-state index contributed by atoms with van der Waals surface area (Å²) in [7, 11) is 0. The smallest absolute Gasteiger partial charge is 0.325 e. The summed E-state index contributed by atoms with van der Waals surface area (Å²) in [6, 6.07) is -0.451. The molecule has 3 rings (SSSR count).